The van der Waals surface area contributed by atoms with Gasteiger partial charge in [0.05, 0.1) is 18.9 Å². The predicted octanol–water partition coefficient (Wildman–Crippen LogP) is 2.48. The van der Waals surface area contributed by atoms with E-state index in [1.54, 1.807) is 6.26 Å². The van der Waals surface area contributed by atoms with Gasteiger partial charge in [-0.25, -0.2) is 4.98 Å². The standard InChI is InChI=1S/C14H16N2O2/c1-2-15-6-13-9-18-14(16-13)10-3-4-11-7-17-8-12(11)5-10/h3-5,9,15H,2,6-8H2,1H3. The van der Waals surface area contributed by atoms with E-state index >= 15 is 0 Å². The molecule has 0 saturated heterocycles. The van der Waals surface area contributed by atoms with E-state index in [0.29, 0.717) is 19.1 Å². The van der Waals surface area contributed by atoms with Crippen LogP contribution in [0.15, 0.2) is 28.9 Å². The van der Waals surface area contributed by atoms with Crippen LogP contribution in [-0.2, 0) is 24.5 Å². The molecule has 0 fully saturated rings. The van der Waals surface area contributed by atoms with E-state index in [-0.39, 0.29) is 0 Å². The quantitative estimate of drug-likeness (QED) is 0.897. The largest absolute Gasteiger partial charge is 0.444 e. The van der Waals surface area contributed by atoms with Crippen LogP contribution >= 0.6 is 0 Å². The van der Waals surface area contributed by atoms with Gasteiger partial charge >= 0.3 is 0 Å². The zero-order valence-corrected chi connectivity index (χ0v) is 10.4. The minimum absolute atomic E-state index is 0.678. The molecule has 0 bridgehead atoms. The highest BCUT2D eigenvalue weighted by atomic mass is 16.5. The van der Waals surface area contributed by atoms with E-state index < -0.39 is 0 Å². The second kappa shape index (κ2) is 4.92. The molecular formula is C14H16N2O2. The Morgan fingerprint density at radius 2 is 2.17 bits per heavy atom. The van der Waals surface area contributed by atoms with E-state index in [1.807, 2.05) is 6.07 Å². The Kier molecular flexibility index (Phi) is 3.13. The lowest BCUT2D eigenvalue weighted by molar-refractivity contribution is 0.134. The van der Waals surface area contributed by atoms with Crippen molar-refractivity contribution >= 4 is 0 Å². The normalized spacial score (nSPS) is 13.8. The molecule has 94 valence electrons. The van der Waals surface area contributed by atoms with Crippen molar-refractivity contribution in [2.24, 2.45) is 0 Å². The molecule has 1 N–H and O–H groups in total. The Hall–Kier alpha value is -1.65. The third kappa shape index (κ3) is 2.17. The fraction of sp³-hybridized carbons (Fsp3) is 0.357. The van der Waals surface area contributed by atoms with Gasteiger partial charge in [-0.2, -0.15) is 0 Å². The van der Waals surface area contributed by atoms with Crippen LogP contribution in [0.25, 0.3) is 11.5 Å². The monoisotopic (exact) mass is 244 g/mol. The summed E-state index contributed by atoms with van der Waals surface area (Å²) >= 11 is 0. The average molecular weight is 244 g/mol. The molecule has 0 spiro atoms. The fourth-order valence-corrected chi connectivity index (χ4v) is 2.08. The Balaban J connectivity index is 1.83. The highest BCUT2D eigenvalue weighted by Crippen LogP contribution is 2.26. The molecule has 1 aromatic heterocycles. The maximum absolute atomic E-state index is 5.52. The Labute approximate surface area is 106 Å². The van der Waals surface area contributed by atoms with E-state index in [1.165, 1.54) is 11.1 Å². The van der Waals surface area contributed by atoms with Gasteiger partial charge in [0.2, 0.25) is 5.89 Å². The number of benzene rings is 1. The van der Waals surface area contributed by atoms with Gasteiger partial charge in [-0.15, -0.1) is 0 Å². The summed E-state index contributed by atoms with van der Waals surface area (Å²) < 4.78 is 10.9. The summed E-state index contributed by atoms with van der Waals surface area (Å²) in [5.74, 6) is 0.678. The minimum Gasteiger partial charge on any atom is -0.444 e. The maximum atomic E-state index is 5.52. The fourth-order valence-electron chi connectivity index (χ4n) is 2.08. The molecule has 4 heteroatoms. The number of fused-ring (bicyclic) bond motifs is 1. The van der Waals surface area contributed by atoms with E-state index in [9.17, 15) is 0 Å². The summed E-state index contributed by atoms with van der Waals surface area (Å²) in [6, 6.07) is 6.23. The number of hydrogen-bond donors (Lipinski definition) is 1. The van der Waals surface area contributed by atoms with Crippen LogP contribution in [0, 0.1) is 0 Å². The topological polar surface area (TPSA) is 47.3 Å². The average Bonchev–Trinajstić information content (AvgIpc) is 3.04. The van der Waals surface area contributed by atoms with Crippen molar-refractivity contribution in [1.82, 2.24) is 10.3 Å². The summed E-state index contributed by atoms with van der Waals surface area (Å²) in [5, 5.41) is 3.23. The lowest BCUT2D eigenvalue weighted by Crippen LogP contribution is -2.11. The smallest absolute Gasteiger partial charge is 0.226 e. The van der Waals surface area contributed by atoms with Gasteiger partial charge in [-0.1, -0.05) is 13.0 Å². The van der Waals surface area contributed by atoms with Crippen LogP contribution < -0.4 is 5.32 Å². The second-order valence-electron chi connectivity index (χ2n) is 4.40. The molecule has 0 radical (unpaired) electrons. The Morgan fingerprint density at radius 1 is 1.28 bits per heavy atom. The molecule has 2 aromatic rings. The molecule has 0 amide bonds. The molecule has 0 saturated carbocycles. The minimum atomic E-state index is 0.678. The van der Waals surface area contributed by atoms with Crippen molar-refractivity contribution in [3.05, 3.63) is 41.3 Å². The van der Waals surface area contributed by atoms with Crippen molar-refractivity contribution < 1.29 is 9.15 Å². The zero-order valence-electron chi connectivity index (χ0n) is 10.4. The van der Waals surface area contributed by atoms with Crippen molar-refractivity contribution in [2.75, 3.05) is 6.54 Å². The third-order valence-corrected chi connectivity index (χ3v) is 3.08. The first-order chi connectivity index (χ1) is 8.86. The summed E-state index contributed by atoms with van der Waals surface area (Å²) in [7, 11) is 0. The van der Waals surface area contributed by atoms with Crippen molar-refractivity contribution in [1.29, 1.82) is 0 Å². The van der Waals surface area contributed by atoms with Crippen molar-refractivity contribution in [3.8, 4) is 11.5 Å². The van der Waals surface area contributed by atoms with Crippen molar-refractivity contribution in [2.45, 2.75) is 26.7 Å². The van der Waals surface area contributed by atoms with Crippen LogP contribution in [0.1, 0.15) is 23.7 Å². The highest BCUT2D eigenvalue weighted by molar-refractivity contribution is 5.56. The molecule has 4 nitrogen and oxygen atoms in total. The van der Waals surface area contributed by atoms with Gasteiger partial charge in [0.25, 0.3) is 0 Å². The first kappa shape index (κ1) is 11.4. The van der Waals surface area contributed by atoms with E-state index in [0.717, 1.165) is 24.3 Å². The van der Waals surface area contributed by atoms with Gasteiger partial charge in [-0.3, -0.25) is 0 Å². The van der Waals surface area contributed by atoms with Gasteiger partial charge in [0.1, 0.15) is 6.26 Å². The van der Waals surface area contributed by atoms with E-state index in [4.69, 9.17) is 9.15 Å². The Morgan fingerprint density at radius 3 is 3.06 bits per heavy atom. The summed E-state index contributed by atoms with van der Waals surface area (Å²) in [4.78, 5) is 4.47. The van der Waals surface area contributed by atoms with Crippen LogP contribution in [0.2, 0.25) is 0 Å². The summed E-state index contributed by atoms with van der Waals surface area (Å²) in [6.07, 6.45) is 1.71. The third-order valence-electron chi connectivity index (χ3n) is 3.08. The number of oxazole rings is 1. The van der Waals surface area contributed by atoms with Crippen LogP contribution in [0.4, 0.5) is 0 Å². The molecule has 0 unspecified atom stereocenters. The molecule has 3 rings (SSSR count). The first-order valence-electron chi connectivity index (χ1n) is 6.22. The molecule has 1 aromatic carbocycles. The lowest BCUT2D eigenvalue weighted by atomic mass is 10.1. The summed E-state index contributed by atoms with van der Waals surface area (Å²) in [6.45, 7) is 5.15. The SMILES string of the molecule is CCNCc1coc(-c2ccc3c(c2)COC3)n1. The molecule has 0 aliphatic carbocycles. The number of rotatable bonds is 4. The van der Waals surface area contributed by atoms with Crippen LogP contribution in [-0.4, -0.2) is 11.5 Å². The Bertz CT molecular complexity index is 548. The van der Waals surface area contributed by atoms with Crippen molar-refractivity contribution in [3.63, 3.8) is 0 Å². The van der Waals surface area contributed by atoms with Gasteiger partial charge in [0, 0.05) is 12.1 Å². The molecule has 1 aliphatic rings. The van der Waals surface area contributed by atoms with E-state index in [2.05, 4.69) is 29.4 Å². The van der Waals surface area contributed by atoms with Gasteiger partial charge in [-0.05, 0) is 29.8 Å². The predicted molar refractivity (Wildman–Crippen MR) is 67.8 cm³/mol. The number of ether oxygens (including phenoxy) is 1. The maximum Gasteiger partial charge on any atom is 0.226 e. The van der Waals surface area contributed by atoms with Gasteiger partial charge < -0.3 is 14.5 Å². The molecule has 0 atom stereocenters. The molecule has 18 heavy (non-hydrogen) atoms. The number of nitrogens with one attached hydrogen (secondary N) is 1. The van der Waals surface area contributed by atoms with Crippen LogP contribution in [0.3, 0.4) is 0 Å². The first-order valence-corrected chi connectivity index (χ1v) is 6.22. The van der Waals surface area contributed by atoms with Gasteiger partial charge in [0.15, 0.2) is 0 Å². The molecule has 2 heterocycles. The highest BCUT2D eigenvalue weighted by Gasteiger charge is 2.14. The second-order valence-corrected chi connectivity index (χ2v) is 4.40. The lowest BCUT2D eigenvalue weighted by Gasteiger charge is -1.99. The van der Waals surface area contributed by atoms with Crippen LogP contribution in [0.5, 0.6) is 0 Å². The molecule has 1 aliphatic heterocycles. The zero-order chi connectivity index (χ0) is 12.4. The number of aromatic nitrogens is 1. The summed E-state index contributed by atoms with van der Waals surface area (Å²) in [5.41, 5.74) is 4.45. The molecular weight excluding hydrogens is 228 g/mol. The number of hydrogen-bond acceptors (Lipinski definition) is 4. The number of nitrogens with zero attached hydrogens (tertiary/aromatic N) is 1.